The molecule has 1 saturated carbocycles. The first-order valence-electron chi connectivity index (χ1n) is 11.0. The van der Waals surface area contributed by atoms with Crippen LogP contribution in [0, 0.1) is 5.41 Å². The Morgan fingerprint density at radius 1 is 1.26 bits per heavy atom. The minimum atomic E-state index is -0.511. The molecule has 0 saturated heterocycles. The maximum atomic E-state index is 13.5. The fourth-order valence-corrected chi connectivity index (χ4v) is 4.53. The average molecular weight is 416 g/mol. The molecule has 1 atom stereocenters. The van der Waals surface area contributed by atoms with E-state index in [4.69, 9.17) is 4.74 Å². The summed E-state index contributed by atoms with van der Waals surface area (Å²) >= 11 is 0. The number of aromatic amines is 1. The van der Waals surface area contributed by atoms with E-state index in [-0.39, 0.29) is 17.4 Å². The molecular weight excluding hydrogens is 386 g/mol. The second kappa shape index (κ2) is 7.34. The second-order valence-electron chi connectivity index (χ2n) is 9.77. The van der Waals surface area contributed by atoms with Crippen molar-refractivity contribution in [1.82, 2.24) is 4.98 Å². The van der Waals surface area contributed by atoms with Crippen molar-refractivity contribution >= 4 is 28.7 Å². The van der Waals surface area contributed by atoms with Gasteiger partial charge in [-0.2, -0.15) is 0 Å². The normalized spacial score (nSPS) is 22.2. The highest BCUT2D eigenvalue weighted by Gasteiger charge is 2.47. The first kappa shape index (κ1) is 20.0. The van der Waals surface area contributed by atoms with E-state index in [0.717, 1.165) is 47.1 Å². The van der Waals surface area contributed by atoms with Crippen LogP contribution in [0.4, 0.5) is 5.69 Å². The molecule has 31 heavy (non-hydrogen) atoms. The van der Waals surface area contributed by atoms with Crippen molar-refractivity contribution < 1.29 is 9.53 Å². The van der Waals surface area contributed by atoms with Gasteiger partial charge in [0.05, 0.1) is 17.7 Å². The molecule has 2 aliphatic carbocycles. The number of carbonyl (C=O) groups excluding carboxylic acids is 1. The van der Waals surface area contributed by atoms with Crippen LogP contribution in [0.3, 0.4) is 0 Å². The van der Waals surface area contributed by atoms with Crippen molar-refractivity contribution in [2.75, 3.05) is 11.9 Å². The predicted octanol–water partition coefficient (Wildman–Crippen LogP) is 5.42. The summed E-state index contributed by atoms with van der Waals surface area (Å²) in [6.45, 7) is 7.09. The molecule has 1 unspecified atom stereocenters. The molecule has 2 aromatic rings. The van der Waals surface area contributed by atoms with E-state index >= 15 is 0 Å². The summed E-state index contributed by atoms with van der Waals surface area (Å²) in [7, 11) is 0. The zero-order valence-corrected chi connectivity index (χ0v) is 18.4. The first-order chi connectivity index (χ1) is 14.8. The van der Waals surface area contributed by atoms with Gasteiger partial charge in [0.15, 0.2) is 0 Å². The lowest BCUT2D eigenvalue weighted by Gasteiger charge is -2.41. The highest BCUT2D eigenvalue weighted by Crippen LogP contribution is 2.49. The molecule has 1 amide bonds. The van der Waals surface area contributed by atoms with Crippen molar-refractivity contribution in [3.63, 3.8) is 0 Å². The van der Waals surface area contributed by atoms with Gasteiger partial charge in [0.1, 0.15) is 6.10 Å². The van der Waals surface area contributed by atoms with Crippen LogP contribution in [0.25, 0.3) is 10.9 Å². The fourth-order valence-electron chi connectivity index (χ4n) is 4.53. The third-order valence-corrected chi connectivity index (χ3v) is 6.63. The summed E-state index contributed by atoms with van der Waals surface area (Å²) in [6.07, 6.45) is 12.5. The summed E-state index contributed by atoms with van der Waals surface area (Å²) in [5, 5.41) is 4.31. The minimum Gasteiger partial charge on any atom is -0.362 e. The van der Waals surface area contributed by atoms with E-state index in [0.29, 0.717) is 6.61 Å². The zero-order chi connectivity index (χ0) is 21.6. The Labute approximate surface area is 183 Å². The lowest BCUT2D eigenvalue weighted by atomic mass is 9.63. The third kappa shape index (κ3) is 3.57. The SMILES string of the molecule is CC(C)(C)c1cc2cc(NC(=O)C3(C4=CC=CC5OCC=NC5=C4)CCC3)ccc2[nH]1. The monoisotopic (exact) mass is 415 g/mol. The summed E-state index contributed by atoms with van der Waals surface area (Å²) in [5.74, 6) is 0.0559. The smallest absolute Gasteiger partial charge is 0.235 e. The van der Waals surface area contributed by atoms with Crippen molar-refractivity contribution in [2.24, 2.45) is 10.4 Å². The molecule has 5 heteroatoms. The molecule has 0 spiro atoms. The number of amides is 1. The summed E-state index contributed by atoms with van der Waals surface area (Å²) < 4.78 is 5.76. The van der Waals surface area contributed by atoms with Gasteiger partial charge in [-0.15, -0.1) is 0 Å². The number of benzene rings is 1. The van der Waals surface area contributed by atoms with Gasteiger partial charge >= 0.3 is 0 Å². The zero-order valence-electron chi connectivity index (χ0n) is 18.4. The highest BCUT2D eigenvalue weighted by atomic mass is 16.5. The number of nitrogens with zero attached hydrogens (tertiary/aromatic N) is 1. The molecule has 0 radical (unpaired) electrons. The van der Waals surface area contributed by atoms with Gasteiger partial charge in [0.25, 0.3) is 0 Å². The van der Waals surface area contributed by atoms with Crippen LogP contribution in [-0.2, 0) is 14.9 Å². The van der Waals surface area contributed by atoms with Crippen molar-refractivity contribution in [1.29, 1.82) is 0 Å². The van der Waals surface area contributed by atoms with Gasteiger partial charge < -0.3 is 15.0 Å². The molecule has 2 N–H and O–H groups in total. The molecule has 5 nitrogen and oxygen atoms in total. The van der Waals surface area contributed by atoms with Gasteiger partial charge in [-0.1, -0.05) is 39.3 Å². The van der Waals surface area contributed by atoms with Gasteiger partial charge in [-0.05, 0) is 54.8 Å². The molecule has 0 bridgehead atoms. The molecular formula is C26H29N3O2. The maximum absolute atomic E-state index is 13.5. The van der Waals surface area contributed by atoms with Crippen LogP contribution in [0.1, 0.15) is 45.7 Å². The number of H-pyrrole nitrogens is 1. The van der Waals surface area contributed by atoms with Crippen LogP contribution < -0.4 is 5.32 Å². The Bertz CT molecular complexity index is 1150. The number of allylic oxidation sites excluding steroid dienone is 3. The van der Waals surface area contributed by atoms with Crippen LogP contribution in [0.2, 0.25) is 0 Å². The quantitative estimate of drug-likeness (QED) is 0.702. The van der Waals surface area contributed by atoms with Crippen molar-refractivity contribution in [2.45, 2.75) is 51.6 Å². The summed E-state index contributed by atoms with van der Waals surface area (Å²) in [5.41, 5.74) is 4.53. The van der Waals surface area contributed by atoms with E-state index in [1.54, 1.807) is 6.21 Å². The Kier molecular flexibility index (Phi) is 4.74. The fraction of sp³-hybridized carbons (Fsp3) is 0.385. The number of nitrogens with one attached hydrogen (secondary N) is 2. The maximum Gasteiger partial charge on any atom is 0.235 e. The van der Waals surface area contributed by atoms with Gasteiger partial charge in [-0.25, -0.2) is 0 Å². The molecule has 1 aromatic heterocycles. The lowest BCUT2D eigenvalue weighted by Crippen LogP contribution is -2.43. The first-order valence-corrected chi connectivity index (χ1v) is 11.0. The molecule has 5 rings (SSSR count). The van der Waals surface area contributed by atoms with Crippen molar-refractivity contribution in [3.8, 4) is 0 Å². The number of rotatable bonds is 3. The molecule has 1 aromatic carbocycles. The largest absolute Gasteiger partial charge is 0.362 e. The number of anilines is 1. The number of aliphatic imine (C=N–C) groups is 1. The van der Waals surface area contributed by atoms with Gasteiger partial charge in [0.2, 0.25) is 5.91 Å². The van der Waals surface area contributed by atoms with Gasteiger partial charge in [0, 0.05) is 33.9 Å². The molecule has 1 aliphatic heterocycles. The topological polar surface area (TPSA) is 66.5 Å². The van der Waals surface area contributed by atoms with Gasteiger partial charge in [-0.3, -0.25) is 9.79 Å². The number of carbonyl (C=O) groups is 1. The number of fused-ring (bicyclic) bond motifs is 2. The van der Waals surface area contributed by atoms with Crippen molar-refractivity contribution in [3.05, 3.63) is 65.5 Å². The Balaban J connectivity index is 1.42. The van der Waals surface area contributed by atoms with E-state index in [1.807, 2.05) is 36.4 Å². The van der Waals surface area contributed by atoms with Crippen LogP contribution in [0.5, 0.6) is 0 Å². The van der Waals surface area contributed by atoms with Crippen LogP contribution in [-0.4, -0.2) is 29.8 Å². The van der Waals surface area contributed by atoms with Crippen LogP contribution >= 0.6 is 0 Å². The van der Waals surface area contributed by atoms with E-state index in [9.17, 15) is 4.79 Å². The van der Waals surface area contributed by atoms with E-state index in [2.05, 4.69) is 48.2 Å². The highest BCUT2D eigenvalue weighted by molar-refractivity contribution is 6.00. The minimum absolute atomic E-state index is 0.0502. The van der Waals surface area contributed by atoms with E-state index < -0.39 is 5.41 Å². The Hall–Kier alpha value is -2.92. The average Bonchev–Trinajstić information content (AvgIpc) is 3.01. The number of aromatic nitrogens is 1. The lowest BCUT2D eigenvalue weighted by molar-refractivity contribution is -0.127. The standard InChI is InChI=1S/C26H29N3O2/c1-25(2,3)23-15-17-14-19(8-9-20(17)29-23)28-24(30)26(10-5-11-26)18-6-4-7-22-21(16-18)27-12-13-31-22/h4,6-9,12,14-16,22,29H,5,10-11,13H2,1-3H3,(H,28,30). The summed E-state index contributed by atoms with van der Waals surface area (Å²) in [4.78, 5) is 21.5. The predicted molar refractivity (Wildman–Crippen MR) is 125 cm³/mol. The second-order valence-corrected chi connectivity index (χ2v) is 9.77. The molecule has 2 heterocycles. The Morgan fingerprint density at radius 2 is 2.10 bits per heavy atom. The summed E-state index contributed by atoms with van der Waals surface area (Å²) in [6, 6.07) is 8.25. The van der Waals surface area contributed by atoms with Crippen LogP contribution in [0.15, 0.2) is 64.8 Å². The number of hydrogen-bond acceptors (Lipinski definition) is 3. The Morgan fingerprint density at radius 3 is 2.84 bits per heavy atom. The van der Waals surface area contributed by atoms with E-state index in [1.165, 1.54) is 5.69 Å². The number of ether oxygens (including phenoxy) is 1. The number of hydrogen-bond donors (Lipinski definition) is 2. The third-order valence-electron chi connectivity index (χ3n) is 6.63. The molecule has 3 aliphatic rings. The molecule has 1 fully saturated rings. The molecule has 160 valence electrons.